The number of anilines is 1. The lowest BCUT2D eigenvalue weighted by molar-refractivity contribution is -0.120. The first-order valence-electron chi connectivity index (χ1n) is 11.2. The maximum atomic E-state index is 13.2. The molecule has 0 aliphatic carbocycles. The number of carbonyl (C=O) groups excluding carboxylic acids is 1. The van der Waals surface area contributed by atoms with Gasteiger partial charge in [-0.1, -0.05) is 13.3 Å². The summed E-state index contributed by atoms with van der Waals surface area (Å²) in [6, 6.07) is 4.56. The van der Waals surface area contributed by atoms with Gasteiger partial charge in [0, 0.05) is 31.9 Å². The molecule has 32 heavy (non-hydrogen) atoms. The Morgan fingerprint density at radius 1 is 1.06 bits per heavy atom. The molecule has 9 nitrogen and oxygen atoms in total. The van der Waals surface area contributed by atoms with Crippen LogP contribution in [0.4, 0.5) is 5.69 Å². The number of nitrogens with one attached hydrogen (secondary N) is 1. The molecule has 1 aromatic carbocycles. The third kappa shape index (κ3) is 5.62. The predicted octanol–water partition coefficient (Wildman–Crippen LogP) is 2.26. The highest BCUT2D eigenvalue weighted by molar-refractivity contribution is 7.89. The van der Waals surface area contributed by atoms with Crippen LogP contribution in [0.15, 0.2) is 23.1 Å². The van der Waals surface area contributed by atoms with Gasteiger partial charge in [0.2, 0.25) is 26.0 Å². The van der Waals surface area contributed by atoms with E-state index in [4.69, 9.17) is 4.74 Å². The molecule has 0 saturated carbocycles. The summed E-state index contributed by atoms with van der Waals surface area (Å²) >= 11 is 0. The van der Waals surface area contributed by atoms with Crippen molar-refractivity contribution in [2.45, 2.75) is 50.3 Å². The van der Waals surface area contributed by atoms with E-state index in [1.54, 1.807) is 6.07 Å². The van der Waals surface area contributed by atoms with Gasteiger partial charge in [0.05, 0.1) is 18.8 Å². The van der Waals surface area contributed by atoms with Gasteiger partial charge in [-0.15, -0.1) is 0 Å². The third-order valence-electron chi connectivity index (χ3n) is 5.97. The smallest absolute Gasteiger partial charge is 0.246 e. The van der Waals surface area contributed by atoms with Gasteiger partial charge in [-0.2, -0.15) is 4.31 Å². The molecule has 0 bridgehead atoms. The minimum Gasteiger partial charge on any atom is -0.495 e. The Morgan fingerprint density at radius 2 is 1.75 bits per heavy atom. The zero-order valence-corrected chi connectivity index (χ0v) is 20.4. The Kier molecular flexibility index (Phi) is 8.18. The molecule has 1 N–H and O–H groups in total. The summed E-state index contributed by atoms with van der Waals surface area (Å²) in [5.74, 6) is -0.507. The second-order valence-corrected chi connectivity index (χ2v) is 12.3. The molecule has 0 radical (unpaired) electrons. The third-order valence-corrected chi connectivity index (χ3v) is 9.94. The van der Waals surface area contributed by atoms with Crippen molar-refractivity contribution in [1.82, 2.24) is 8.61 Å². The lowest BCUT2D eigenvalue weighted by atomic mass is 9.98. The van der Waals surface area contributed by atoms with Gasteiger partial charge in [0.15, 0.2) is 0 Å². The molecule has 0 aromatic heterocycles. The van der Waals surface area contributed by atoms with Crippen molar-refractivity contribution < 1.29 is 26.4 Å². The van der Waals surface area contributed by atoms with Gasteiger partial charge in [-0.05, 0) is 50.3 Å². The number of methoxy groups -OCH3 is 1. The summed E-state index contributed by atoms with van der Waals surface area (Å²) in [5.41, 5.74) is 0.347. The Balaban J connectivity index is 1.77. The first-order valence-corrected chi connectivity index (χ1v) is 14.2. The normalized spacial score (nSPS) is 21.2. The van der Waals surface area contributed by atoms with Crippen LogP contribution in [0.25, 0.3) is 0 Å². The summed E-state index contributed by atoms with van der Waals surface area (Å²) in [6.45, 7) is 3.31. The highest BCUT2D eigenvalue weighted by atomic mass is 32.2. The van der Waals surface area contributed by atoms with Crippen LogP contribution in [0.5, 0.6) is 5.75 Å². The lowest BCUT2D eigenvalue weighted by Gasteiger charge is -2.31. The Labute approximate surface area is 191 Å². The number of benzene rings is 1. The van der Waals surface area contributed by atoms with Crippen LogP contribution in [-0.2, 0) is 24.8 Å². The van der Waals surface area contributed by atoms with E-state index in [1.165, 1.54) is 27.9 Å². The number of amides is 1. The minimum atomic E-state index is -3.75. The van der Waals surface area contributed by atoms with Crippen LogP contribution in [0.1, 0.15) is 45.4 Å². The molecule has 1 amide bonds. The first kappa shape index (κ1) is 24.9. The number of piperidine rings is 2. The van der Waals surface area contributed by atoms with Gasteiger partial charge in [0.1, 0.15) is 10.6 Å². The van der Waals surface area contributed by atoms with E-state index in [1.807, 2.05) is 6.92 Å². The van der Waals surface area contributed by atoms with Gasteiger partial charge < -0.3 is 10.1 Å². The molecule has 0 spiro atoms. The maximum Gasteiger partial charge on any atom is 0.246 e. The van der Waals surface area contributed by atoms with Gasteiger partial charge in [0.25, 0.3) is 0 Å². The number of hydrogen-bond donors (Lipinski definition) is 1. The van der Waals surface area contributed by atoms with Crippen molar-refractivity contribution in [1.29, 1.82) is 0 Å². The molecule has 1 aromatic rings. The molecule has 2 aliphatic heterocycles. The van der Waals surface area contributed by atoms with E-state index in [0.29, 0.717) is 44.6 Å². The quantitative estimate of drug-likeness (QED) is 0.602. The fraction of sp³-hybridized carbons (Fsp3) is 0.667. The van der Waals surface area contributed by atoms with Gasteiger partial charge in [-0.25, -0.2) is 21.1 Å². The highest BCUT2D eigenvalue weighted by Gasteiger charge is 2.33. The number of rotatable bonds is 8. The zero-order valence-electron chi connectivity index (χ0n) is 18.7. The van der Waals surface area contributed by atoms with Crippen molar-refractivity contribution in [3.63, 3.8) is 0 Å². The fourth-order valence-electron chi connectivity index (χ4n) is 4.24. The van der Waals surface area contributed by atoms with Crippen molar-refractivity contribution >= 4 is 31.6 Å². The Bertz CT molecular complexity index is 1020. The van der Waals surface area contributed by atoms with E-state index >= 15 is 0 Å². The molecule has 2 aliphatic rings. The molecule has 3 rings (SSSR count). The number of nitrogens with zero attached hydrogens (tertiary/aromatic N) is 2. The van der Waals surface area contributed by atoms with E-state index in [-0.39, 0.29) is 28.8 Å². The first-order chi connectivity index (χ1) is 15.2. The average Bonchev–Trinajstić information content (AvgIpc) is 2.79. The molecule has 180 valence electrons. The number of hydrogen-bond acceptors (Lipinski definition) is 6. The highest BCUT2D eigenvalue weighted by Crippen LogP contribution is 2.31. The molecule has 11 heteroatoms. The topological polar surface area (TPSA) is 113 Å². The molecular formula is C21H33N3O6S2. The van der Waals surface area contributed by atoms with E-state index in [0.717, 1.165) is 19.3 Å². The summed E-state index contributed by atoms with van der Waals surface area (Å²) in [5, 5.41) is 2.78. The van der Waals surface area contributed by atoms with Crippen LogP contribution < -0.4 is 10.1 Å². The van der Waals surface area contributed by atoms with Gasteiger partial charge in [-0.3, -0.25) is 4.79 Å². The Morgan fingerprint density at radius 3 is 2.41 bits per heavy atom. The van der Waals surface area contributed by atoms with Crippen LogP contribution in [0.2, 0.25) is 0 Å². The summed E-state index contributed by atoms with van der Waals surface area (Å²) < 4.78 is 59.3. The monoisotopic (exact) mass is 487 g/mol. The van der Waals surface area contributed by atoms with Crippen LogP contribution >= 0.6 is 0 Å². The second-order valence-electron chi connectivity index (χ2n) is 8.33. The standard InChI is InChI=1S/C21H33N3O6S2/c1-3-14-31(26,27)24-13-7-8-17(16-24)21(25)22-18-9-10-19(30-2)20(15-18)32(28,29)23-11-5-4-6-12-23/h9-10,15,17H,3-8,11-14,16H2,1-2H3,(H,22,25)/t17-/m0/s1. The molecule has 0 unspecified atom stereocenters. The molecule has 1 atom stereocenters. The molecule has 2 fully saturated rings. The summed E-state index contributed by atoms with van der Waals surface area (Å²) in [7, 11) is -5.71. The maximum absolute atomic E-state index is 13.2. The second kappa shape index (κ2) is 10.5. The molecule has 2 heterocycles. The Hall–Kier alpha value is -1.69. The van der Waals surface area contributed by atoms with Crippen molar-refractivity contribution in [3.8, 4) is 5.75 Å². The number of carbonyl (C=O) groups is 1. The largest absolute Gasteiger partial charge is 0.495 e. The minimum absolute atomic E-state index is 0.0236. The van der Waals surface area contributed by atoms with Crippen LogP contribution in [-0.4, -0.2) is 70.4 Å². The number of sulfonamides is 2. The van der Waals surface area contributed by atoms with Gasteiger partial charge >= 0.3 is 0 Å². The van der Waals surface area contributed by atoms with Crippen LogP contribution in [0.3, 0.4) is 0 Å². The SMILES string of the molecule is CCCS(=O)(=O)N1CCC[C@H](C(=O)Nc2ccc(OC)c(S(=O)(=O)N3CCCCC3)c2)C1. The molecule has 2 saturated heterocycles. The van der Waals surface area contributed by atoms with E-state index < -0.39 is 26.0 Å². The van der Waals surface area contributed by atoms with E-state index in [9.17, 15) is 21.6 Å². The predicted molar refractivity (Wildman–Crippen MR) is 123 cm³/mol. The zero-order chi connectivity index (χ0) is 23.4. The molecular weight excluding hydrogens is 454 g/mol. The summed E-state index contributed by atoms with van der Waals surface area (Å²) in [4.78, 5) is 12.9. The summed E-state index contributed by atoms with van der Waals surface area (Å²) in [6.07, 6.45) is 4.35. The average molecular weight is 488 g/mol. The lowest BCUT2D eigenvalue weighted by Crippen LogP contribution is -2.44. The van der Waals surface area contributed by atoms with E-state index in [2.05, 4.69) is 5.32 Å². The van der Waals surface area contributed by atoms with Crippen molar-refractivity contribution in [2.24, 2.45) is 5.92 Å². The fourth-order valence-corrected chi connectivity index (χ4v) is 7.53. The van der Waals surface area contributed by atoms with Crippen molar-refractivity contribution in [3.05, 3.63) is 18.2 Å². The van der Waals surface area contributed by atoms with Crippen LogP contribution in [0, 0.1) is 5.92 Å². The van der Waals surface area contributed by atoms with Crippen molar-refractivity contribution in [2.75, 3.05) is 44.4 Å². The number of ether oxygens (including phenoxy) is 1.